The van der Waals surface area contributed by atoms with Crippen molar-refractivity contribution >= 4 is 34.5 Å². The number of hydrogen-bond donors (Lipinski definition) is 0. The van der Waals surface area contributed by atoms with Gasteiger partial charge in [0.25, 0.3) is 0 Å². The van der Waals surface area contributed by atoms with Crippen LogP contribution in [0.15, 0.2) is 0 Å². The minimum absolute atomic E-state index is 0.398. The van der Waals surface area contributed by atoms with Crippen LogP contribution in [0.3, 0.4) is 0 Å². The third kappa shape index (κ3) is 3.47. The van der Waals surface area contributed by atoms with Gasteiger partial charge in [0.15, 0.2) is 24.3 Å². The van der Waals surface area contributed by atoms with Crippen LogP contribution >= 0.6 is 22.6 Å². The number of esters is 2. The van der Waals surface area contributed by atoms with E-state index in [1.54, 1.807) is 13.8 Å². The molecule has 128 valence electrons. The van der Waals surface area contributed by atoms with Crippen LogP contribution < -0.4 is 0 Å². The standard InChI is InChI=1S/C15H19IO7/c1-6-15(21-9(3)18)11(10(7-16)19-8(2)17)20-13-12(15)22-14(4,5)23-13/h1,10-13H,7H2,2-5H3/t10-,11-,12+,13-,15-/m1/s1. The molecule has 0 N–H and O–H groups in total. The predicted molar refractivity (Wildman–Crippen MR) is 86.5 cm³/mol. The van der Waals surface area contributed by atoms with Crippen LogP contribution in [0.5, 0.6) is 0 Å². The van der Waals surface area contributed by atoms with Gasteiger partial charge in [0.1, 0.15) is 6.10 Å². The molecule has 2 rings (SSSR count). The summed E-state index contributed by atoms with van der Waals surface area (Å²) in [6, 6.07) is 0. The average Bonchev–Trinajstić information content (AvgIpc) is 2.87. The molecule has 0 saturated carbocycles. The highest BCUT2D eigenvalue weighted by atomic mass is 127. The van der Waals surface area contributed by atoms with Gasteiger partial charge >= 0.3 is 11.9 Å². The molecule has 0 aromatic rings. The number of carbonyl (C=O) groups is 2. The van der Waals surface area contributed by atoms with E-state index < -0.39 is 47.9 Å². The zero-order valence-electron chi connectivity index (χ0n) is 13.3. The van der Waals surface area contributed by atoms with Gasteiger partial charge in [-0.25, -0.2) is 0 Å². The van der Waals surface area contributed by atoms with Crippen molar-refractivity contribution in [2.24, 2.45) is 0 Å². The Kier molecular flexibility index (Phi) is 5.25. The summed E-state index contributed by atoms with van der Waals surface area (Å²) in [5.41, 5.74) is -1.53. The van der Waals surface area contributed by atoms with Crippen LogP contribution in [0.25, 0.3) is 0 Å². The molecule has 0 aromatic heterocycles. The van der Waals surface area contributed by atoms with E-state index >= 15 is 0 Å². The zero-order chi connectivity index (χ0) is 17.4. The van der Waals surface area contributed by atoms with E-state index in [1.807, 2.05) is 22.6 Å². The first-order chi connectivity index (χ1) is 10.6. The molecule has 0 radical (unpaired) electrons. The molecule has 2 aliphatic heterocycles. The van der Waals surface area contributed by atoms with Gasteiger partial charge in [0.2, 0.25) is 5.60 Å². The third-order valence-corrected chi connectivity index (χ3v) is 4.40. The normalized spacial score (nSPS) is 35.9. The van der Waals surface area contributed by atoms with Crippen molar-refractivity contribution in [2.45, 2.75) is 63.7 Å². The summed E-state index contributed by atoms with van der Waals surface area (Å²) >= 11 is 2.04. The van der Waals surface area contributed by atoms with E-state index in [-0.39, 0.29) is 0 Å². The second kappa shape index (κ2) is 6.55. The Hall–Kier alpha value is -0.890. The van der Waals surface area contributed by atoms with Gasteiger partial charge in [-0.3, -0.25) is 9.59 Å². The number of ether oxygens (including phenoxy) is 5. The molecule has 2 aliphatic rings. The maximum Gasteiger partial charge on any atom is 0.304 e. The van der Waals surface area contributed by atoms with Crippen molar-refractivity contribution in [3.8, 4) is 12.3 Å². The Morgan fingerprint density at radius 3 is 2.43 bits per heavy atom. The minimum Gasteiger partial charge on any atom is -0.459 e. The van der Waals surface area contributed by atoms with E-state index in [2.05, 4.69) is 5.92 Å². The van der Waals surface area contributed by atoms with Crippen molar-refractivity contribution in [1.29, 1.82) is 0 Å². The molecule has 8 heteroatoms. The largest absolute Gasteiger partial charge is 0.459 e. The number of terminal acetylenes is 1. The maximum absolute atomic E-state index is 11.6. The van der Waals surface area contributed by atoms with Crippen molar-refractivity contribution in [3.63, 3.8) is 0 Å². The van der Waals surface area contributed by atoms with Crippen LogP contribution in [-0.4, -0.2) is 52.4 Å². The SMILES string of the molecule is C#C[C@@]1(OC(C)=O)[C@@H]([C@@H](CI)OC(C)=O)O[C@@H]2OC(C)(C)O[C@@H]21. The molecule has 2 saturated heterocycles. The van der Waals surface area contributed by atoms with Gasteiger partial charge in [-0.2, -0.15) is 0 Å². The summed E-state index contributed by atoms with van der Waals surface area (Å²) in [5.74, 6) is 0.496. The van der Waals surface area contributed by atoms with Crippen molar-refractivity contribution < 1.29 is 33.3 Å². The molecular weight excluding hydrogens is 419 g/mol. The predicted octanol–water partition coefficient (Wildman–Crippen LogP) is 1.16. The lowest BCUT2D eigenvalue weighted by molar-refractivity contribution is -0.238. The first-order valence-electron chi connectivity index (χ1n) is 7.07. The van der Waals surface area contributed by atoms with E-state index in [1.165, 1.54) is 13.8 Å². The molecule has 0 amide bonds. The molecule has 2 fully saturated rings. The molecule has 23 heavy (non-hydrogen) atoms. The molecular formula is C15H19IO7. The molecule has 0 aromatic carbocycles. The fourth-order valence-electron chi connectivity index (χ4n) is 2.83. The van der Waals surface area contributed by atoms with Gasteiger partial charge in [-0.05, 0) is 13.8 Å². The lowest BCUT2D eigenvalue weighted by Gasteiger charge is -2.35. The topological polar surface area (TPSA) is 80.3 Å². The van der Waals surface area contributed by atoms with E-state index in [0.29, 0.717) is 4.43 Å². The number of halogens is 1. The summed E-state index contributed by atoms with van der Waals surface area (Å²) in [5, 5.41) is 0. The number of alkyl halides is 1. The molecule has 0 spiro atoms. The fourth-order valence-corrected chi connectivity index (χ4v) is 3.47. The van der Waals surface area contributed by atoms with Gasteiger partial charge in [0, 0.05) is 18.3 Å². The van der Waals surface area contributed by atoms with Crippen LogP contribution in [0.4, 0.5) is 0 Å². The monoisotopic (exact) mass is 438 g/mol. The minimum atomic E-state index is -1.53. The highest BCUT2D eigenvalue weighted by molar-refractivity contribution is 14.1. The Balaban J connectivity index is 2.40. The number of fused-ring (bicyclic) bond motifs is 1. The van der Waals surface area contributed by atoms with E-state index in [4.69, 9.17) is 30.1 Å². The fraction of sp³-hybridized carbons (Fsp3) is 0.733. The van der Waals surface area contributed by atoms with Crippen molar-refractivity contribution in [3.05, 3.63) is 0 Å². The average molecular weight is 438 g/mol. The van der Waals surface area contributed by atoms with Crippen LogP contribution in [0.1, 0.15) is 27.7 Å². The summed E-state index contributed by atoms with van der Waals surface area (Å²) in [4.78, 5) is 23.0. The molecule has 0 unspecified atom stereocenters. The van der Waals surface area contributed by atoms with Crippen molar-refractivity contribution in [1.82, 2.24) is 0 Å². The molecule has 2 heterocycles. The molecule has 0 aliphatic carbocycles. The summed E-state index contributed by atoms with van der Waals surface area (Å²) < 4.78 is 28.4. The molecule has 7 nitrogen and oxygen atoms in total. The Morgan fingerprint density at radius 2 is 1.96 bits per heavy atom. The summed E-state index contributed by atoms with van der Waals surface area (Å²) in [6.45, 7) is 5.95. The maximum atomic E-state index is 11.6. The lowest BCUT2D eigenvalue weighted by Crippen LogP contribution is -2.56. The van der Waals surface area contributed by atoms with E-state index in [9.17, 15) is 9.59 Å². The lowest BCUT2D eigenvalue weighted by atomic mass is 9.90. The third-order valence-electron chi connectivity index (χ3n) is 3.53. The van der Waals surface area contributed by atoms with Gasteiger partial charge in [-0.1, -0.05) is 28.5 Å². The van der Waals surface area contributed by atoms with E-state index in [0.717, 1.165) is 0 Å². The molecule has 5 atom stereocenters. The zero-order valence-corrected chi connectivity index (χ0v) is 15.5. The highest BCUT2D eigenvalue weighted by Gasteiger charge is 2.67. The van der Waals surface area contributed by atoms with Gasteiger partial charge in [-0.15, -0.1) is 6.42 Å². The van der Waals surface area contributed by atoms with Gasteiger partial charge < -0.3 is 23.7 Å². The summed E-state index contributed by atoms with van der Waals surface area (Å²) in [7, 11) is 0. The Morgan fingerprint density at radius 1 is 1.30 bits per heavy atom. The first kappa shape index (κ1) is 18.4. The highest BCUT2D eigenvalue weighted by Crippen LogP contribution is 2.46. The van der Waals surface area contributed by atoms with Crippen LogP contribution in [-0.2, 0) is 33.3 Å². The molecule has 0 bridgehead atoms. The smallest absolute Gasteiger partial charge is 0.304 e. The van der Waals surface area contributed by atoms with Crippen LogP contribution in [0.2, 0.25) is 0 Å². The number of rotatable bonds is 4. The van der Waals surface area contributed by atoms with Crippen molar-refractivity contribution in [2.75, 3.05) is 4.43 Å². The summed E-state index contributed by atoms with van der Waals surface area (Å²) in [6.07, 6.45) is 2.48. The Labute approximate surface area is 148 Å². The quantitative estimate of drug-likeness (QED) is 0.282. The second-order valence-electron chi connectivity index (χ2n) is 5.81. The number of carbonyl (C=O) groups excluding carboxylic acids is 2. The van der Waals surface area contributed by atoms with Crippen LogP contribution in [0, 0.1) is 12.3 Å². The Bertz CT molecular complexity index is 540. The van der Waals surface area contributed by atoms with Gasteiger partial charge in [0.05, 0.1) is 0 Å². The first-order valence-corrected chi connectivity index (χ1v) is 8.59. The number of hydrogen-bond acceptors (Lipinski definition) is 7. The second-order valence-corrected chi connectivity index (χ2v) is 6.70.